The van der Waals surface area contributed by atoms with E-state index in [2.05, 4.69) is 4.98 Å². The van der Waals surface area contributed by atoms with Crippen molar-refractivity contribution in [2.45, 2.75) is 38.5 Å². The van der Waals surface area contributed by atoms with Gasteiger partial charge in [-0.2, -0.15) is 0 Å². The summed E-state index contributed by atoms with van der Waals surface area (Å²) in [5.74, 6) is 0.178. The van der Waals surface area contributed by atoms with Gasteiger partial charge in [0.15, 0.2) is 0 Å². The average Bonchev–Trinajstić information content (AvgIpc) is 2.27. The maximum Gasteiger partial charge on any atom is 0.656 e. The molecular weight excluding hydrogens is 234 g/mol. The lowest BCUT2D eigenvalue weighted by Gasteiger charge is -2.57. The van der Waals surface area contributed by atoms with Crippen LogP contribution in [0.5, 0.6) is 0 Å². The van der Waals surface area contributed by atoms with Gasteiger partial charge in [0.05, 0.1) is 5.76 Å². The summed E-state index contributed by atoms with van der Waals surface area (Å²) < 4.78 is 0. The molecule has 0 saturated heterocycles. The van der Waals surface area contributed by atoms with E-state index in [0.717, 1.165) is 38.5 Å². The number of diazo groups is 1. The topological polar surface area (TPSA) is 94.3 Å². The Morgan fingerprint density at radius 1 is 1.17 bits per heavy atom. The van der Waals surface area contributed by atoms with Crippen LogP contribution < -0.4 is 5.11 Å². The zero-order chi connectivity index (χ0) is 12.9. The Kier molecular flexibility index (Phi) is 2.34. The number of hydrogen-bond donors (Lipinski definition) is 0. The van der Waals surface area contributed by atoms with Crippen LogP contribution in [0.25, 0.3) is 4.98 Å². The summed E-state index contributed by atoms with van der Waals surface area (Å²) in [5.41, 5.74) is -0.608. The van der Waals surface area contributed by atoms with Crippen molar-refractivity contribution < 1.29 is 10.0 Å². The molecule has 4 bridgehead atoms. The molecule has 0 aromatic rings. The van der Waals surface area contributed by atoms with Gasteiger partial charge in [-0.1, -0.05) is 0 Å². The lowest BCUT2D eigenvalue weighted by atomic mass is 9.49. The molecule has 0 N–H and O–H groups in total. The predicted octanol–water partition coefficient (Wildman–Crippen LogP) is 1.86. The van der Waals surface area contributed by atoms with Crippen molar-refractivity contribution in [1.29, 1.82) is 5.39 Å². The van der Waals surface area contributed by atoms with Crippen molar-refractivity contribution in [2.24, 2.45) is 23.2 Å². The van der Waals surface area contributed by atoms with E-state index in [4.69, 9.17) is 5.39 Å². The molecular formula is C12H15N3O3. The summed E-state index contributed by atoms with van der Waals surface area (Å²) in [4.78, 5) is 12.5. The fourth-order valence-corrected chi connectivity index (χ4v) is 4.79. The van der Waals surface area contributed by atoms with Gasteiger partial charge in [-0.15, -0.1) is 0 Å². The third-order valence-electron chi connectivity index (χ3n) is 4.99. The van der Waals surface area contributed by atoms with Crippen LogP contribution in [0.4, 0.5) is 0 Å². The number of nitrogens with zero attached hydrogens (tertiary/aromatic N) is 3. The maximum atomic E-state index is 12.3. The Labute approximate surface area is 104 Å². The van der Waals surface area contributed by atoms with Gasteiger partial charge in [0.25, 0.3) is 4.98 Å². The molecule has 4 saturated carbocycles. The minimum Gasteiger partial charge on any atom is -0.865 e. The predicted molar refractivity (Wildman–Crippen MR) is 59.7 cm³/mol. The third kappa shape index (κ3) is 1.50. The number of hydrogen-bond acceptors (Lipinski definition) is 4. The van der Waals surface area contributed by atoms with Crippen LogP contribution in [0.15, 0.2) is 11.6 Å². The lowest BCUT2D eigenvalue weighted by Crippen LogP contribution is -2.49. The molecule has 6 nitrogen and oxygen atoms in total. The minimum absolute atomic E-state index is 0.534. The fraction of sp³-hybridized carbons (Fsp3) is 0.833. The quantitative estimate of drug-likeness (QED) is 0.323. The second-order valence-electron chi connectivity index (χ2n) is 6.21. The van der Waals surface area contributed by atoms with E-state index in [-0.39, 0.29) is 0 Å². The van der Waals surface area contributed by atoms with Crippen LogP contribution in [0, 0.1) is 38.7 Å². The SMILES string of the molecule is N#[N+]C(=C([O-])C12CC3CC(CC(C3)C1)C2)[N+](=O)[O-]. The highest BCUT2D eigenvalue weighted by Crippen LogP contribution is 2.62. The van der Waals surface area contributed by atoms with Crippen molar-refractivity contribution in [1.82, 2.24) is 0 Å². The Morgan fingerprint density at radius 3 is 1.94 bits per heavy atom. The monoisotopic (exact) mass is 249 g/mol. The van der Waals surface area contributed by atoms with Crippen molar-refractivity contribution in [3.8, 4) is 0 Å². The molecule has 4 fully saturated rings. The van der Waals surface area contributed by atoms with E-state index >= 15 is 0 Å². The number of rotatable bonds is 2. The molecule has 4 rings (SSSR count). The van der Waals surface area contributed by atoms with Gasteiger partial charge in [-0.05, 0) is 61.7 Å². The van der Waals surface area contributed by atoms with Crippen LogP contribution in [0.2, 0.25) is 0 Å². The molecule has 4 aliphatic rings. The molecule has 6 heteroatoms. The van der Waals surface area contributed by atoms with Gasteiger partial charge in [0.2, 0.25) is 5.39 Å². The van der Waals surface area contributed by atoms with Gasteiger partial charge in [0.1, 0.15) is 4.92 Å². The molecule has 0 amide bonds. The maximum absolute atomic E-state index is 12.3. The molecule has 0 aliphatic heterocycles. The van der Waals surface area contributed by atoms with Crippen molar-refractivity contribution in [3.63, 3.8) is 0 Å². The average molecular weight is 249 g/mol. The van der Waals surface area contributed by atoms with Crippen LogP contribution in [-0.4, -0.2) is 4.92 Å². The van der Waals surface area contributed by atoms with Crippen molar-refractivity contribution >= 4 is 0 Å². The van der Waals surface area contributed by atoms with Crippen molar-refractivity contribution in [3.05, 3.63) is 26.7 Å². The Hall–Kier alpha value is -1.64. The summed E-state index contributed by atoms with van der Waals surface area (Å²) in [6, 6.07) is 0. The molecule has 0 radical (unpaired) electrons. The lowest BCUT2D eigenvalue weighted by molar-refractivity contribution is -0.444. The van der Waals surface area contributed by atoms with Crippen LogP contribution in [0.3, 0.4) is 0 Å². The number of allylic oxidation sites excluding steroid dienone is 1. The van der Waals surface area contributed by atoms with Gasteiger partial charge in [0, 0.05) is 0 Å². The van der Waals surface area contributed by atoms with E-state index in [1.54, 1.807) is 0 Å². The second-order valence-corrected chi connectivity index (χ2v) is 6.21. The highest BCUT2D eigenvalue weighted by atomic mass is 16.6. The zero-order valence-corrected chi connectivity index (χ0v) is 10.0. The summed E-state index contributed by atoms with van der Waals surface area (Å²) in [5, 5.41) is 31.8. The first-order chi connectivity index (χ1) is 8.54. The highest BCUT2D eigenvalue weighted by molar-refractivity contribution is 5.19. The minimum atomic E-state index is -0.878. The smallest absolute Gasteiger partial charge is 0.656 e. The van der Waals surface area contributed by atoms with Crippen LogP contribution >= 0.6 is 0 Å². The Morgan fingerprint density at radius 2 is 1.61 bits per heavy atom. The Bertz CT molecular complexity index is 442. The normalized spacial score (nSPS) is 42.3. The van der Waals surface area contributed by atoms with Gasteiger partial charge >= 0.3 is 5.82 Å². The molecule has 0 aromatic carbocycles. The van der Waals surface area contributed by atoms with Gasteiger partial charge in [-0.25, -0.2) is 0 Å². The first kappa shape index (κ1) is 11.5. The highest BCUT2D eigenvalue weighted by Gasteiger charge is 2.54. The zero-order valence-electron chi connectivity index (χ0n) is 10.0. The molecule has 0 atom stereocenters. The molecule has 0 aromatic heterocycles. The summed E-state index contributed by atoms with van der Waals surface area (Å²) >= 11 is 0. The largest absolute Gasteiger partial charge is 0.865 e. The third-order valence-corrected chi connectivity index (χ3v) is 4.99. The van der Waals surface area contributed by atoms with E-state index in [1.165, 1.54) is 0 Å². The first-order valence-corrected chi connectivity index (χ1v) is 6.45. The molecule has 0 spiro atoms. The summed E-state index contributed by atoms with van der Waals surface area (Å²) in [6.07, 6.45) is 5.71. The first-order valence-electron chi connectivity index (χ1n) is 6.45. The molecule has 18 heavy (non-hydrogen) atoms. The molecule has 4 aliphatic carbocycles. The van der Waals surface area contributed by atoms with Crippen LogP contribution in [-0.2, 0) is 0 Å². The molecule has 0 heterocycles. The van der Waals surface area contributed by atoms with E-state index in [9.17, 15) is 15.2 Å². The molecule has 96 valence electrons. The van der Waals surface area contributed by atoms with Gasteiger partial charge < -0.3 is 5.11 Å². The summed E-state index contributed by atoms with van der Waals surface area (Å²) in [7, 11) is 0. The van der Waals surface area contributed by atoms with E-state index in [0.29, 0.717) is 17.8 Å². The standard InChI is InChI=1S/C12H15N3O3/c13-14-11(15(17)18)10(16)12-4-7-1-8(5-12)3-9(2-7)6-12/h7-9H,1-6H2. The summed E-state index contributed by atoms with van der Waals surface area (Å²) in [6.45, 7) is 0. The second kappa shape index (κ2) is 3.67. The van der Waals surface area contributed by atoms with E-state index in [1.807, 2.05) is 0 Å². The fourth-order valence-electron chi connectivity index (χ4n) is 4.79. The van der Waals surface area contributed by atoms with Gasteiger partial charge in [-0.3, -0.25) is 10.1 Å². The molecule has 0 unspecified atom stereocenters. The Balaban J connectivity index is 2.01. The van der Waals surface area contributed by atoms with Crippen molar-refractivity contribution in [2.75, 3.05) is 0 Å². The van der Waals surface area contributed by atoms with Crippen LogP contribution in [0.1, 0.15) is 38.5 Å². The number of nitro groups is 1. The van der Waals surface area contributed by atoms with E-state index < -0.39 is 21.9 Å².